The fraction of sp³-hybridized carbons (Fsp3) is 0.500. The summed E-state index contributed by atoms with van der Waals surface area (Å²) in [5.41, 5.74) is 0.298. The lowest BCUT2D eigenvalue weighted by molar-refractivity contribution is -0.142. The van der Waals surface area contributed by atoms with E-state index in [0.717, 1.165) is 0 Å². The highest BCUT2D eigenvalue weighted by molar-refractivity contribution is 5.97. The molecule has 1 rings (SSSR count). The van der Waals surface area contributed by atoms with Crippen LogP contribution in [0.15, 0.2) is 23.0 Å². The van der Waals surface area contributed by atoms with Gasteiger partial charge in [-0.15, -0.1) is 0 Å². The van der Waals surface area contributed by atoms with Crippen molar-refractivity contribution in [2.45, 2.75) is 39.3 Å². The van der Waals surface area contributed by atoms with Crippen molar-refractivity contribution in [3.8, 4) is 0 Å². The molecule has 2 amide bonds. The minimum atomic E-state index is -1.09. The van der Waals surface area contributed by atoms with Crippen molar-refractivity contribution in [3.05, 3.63) is 24.2 Å². The Morgan fingerprint density at radius 2 is 1.90 bits per heavy atom. The maximum atomic E-state index is 11.9. The van der Waals surface area contributed by atoms with Crippen molar-refractivity contribution in [3.63, 3.8) is 0 Å². The molecule has 1 heterocycles. The summed E-state index contributed by atoms with van der Waals surface area (Å²) < 4.78 is 4.78. The predicted molar refractivity (Wildman–Crippen MR) is 74.7 cm³/mol. The molecular weight excluding hydrogens is 276 g/mol. The van der Waals surface area contributed by atoms with Crippen molar-refractivity contribution in [2.75, 3.05) is 0 Å². The number of nitrogens with one attached hydrogen (secondary N) is 2. The molecule has 1 aromatic heterocycles. The summed E-state index contributed by atoms with van der Waals surface area (Å²) in [5, 5.41) is 14.0. The van der Waals surface area contributed by atoms with Gasteiger partial charge in [0.05, 0.1) is 11.8 Å². The molecule has 0 bridgehead atoms. The van der Waals surface area contributed by atoms with Crippen LogP contribution >= 0.6 is 0 Å². The highest BCUT2D eigenvalue weighted by Crippen LogP contribution is 2.05. The lowest BCUT2D eigenvalue weighted by Crippen LogP contribution is -2.50. The van der Waals surface area contributed by atoms with E-state index in [9.17, 15) is 14.4 Å². The fourth-order valence-corrected chi connectivity index (χ4v) is 1.73. The molecule has 0 aliphatic rings. The summed E-state index contributed by atoms with van der Waals surface area (Å²) >= 11 is 0. The molecule has 2 unspecified atom stereocenters. The average molecular weight is 296 g/mol. The van der Waals surface area contributed by atoms with E-state index in [0.29, 0.717) is 12.0 Å². The quantitative estimate of drug-likeness (QED) is 0.696. The first-order valence-corrected chi connectivity index (χ1v) is 6.67. The summed E-state index contributed by atoms with van der Waals surface area (Å²) in [4.78, 5) is 34.8. The van der Waals surface area contributed by atoms with Gasteiger partial charge in [0, 0.05) is 0 Å². The van der Waals surface area contributed by atoms with Gasteiger partial charge in [-0.2, -0.15) is 0 Å². The number of carboxylic acids is 1. The third-order valence-corrected chi connectivity index (χ3v) is 2.85. The molecule has 0 fully saturated rings. The van der Waals surface area contributed by atoms with Gasteiger partial charge >= 0.3 is 5.97 Å². The van der Waals surface area contributed by atoms with Gasteiger partial charge < -0.3 is 20.2 Å². The number of aliphatic carboxylic acids is 1. The van der Waals surface area contributed by atoms with Gasteiger partial charge in [-0.3, -0.25) is 9.59 Å². The molecule has 0 saturated heterocycles. The Hall–Kier alpha value is -2.31. The van der Waals surface area contributed by atoms with Crippen LogP contribution in [0, 0.1) is 5.92 Å². The van der Waals surface area contributed by atoms with Crippen molar-refractivity contribution < 1.29 is 23.9 Å². The Balaban J connectivity index is 2.57. The standard InChI is InChI=1S/C14H20N2O5/c1-8(2)6-11(14(19)20)16-12(17)9(3)15-13(18)10-4-5-21-7-10/h4-5,7-9,11H,6H2,1-3H3,(H,15,18)(H,16,17)(H,19,20). The van der Waals surface area contributed by atoms with Crippen molar-refractivity contribution in [1.29, 1.82) is 0 Å². The number of carboxylic acid groups (broad SMARTS) is 1. The number of carbonyl (C=O) groups excluding carboxylic acids is 2. The Morgan fingerprint density at radius 3 is 2.38 bits per heavy atom. The summed E-state index contributed by atoms with van der Waals surface area (Å²) in [6.45, 7) is 5.22. The minimum Gasteiger partial charge on any atom is -0.480 e. The van der Waals surface area contributed by atoms with Crippen LogP contribution in [-0.2, 0) is 9.59 Å². The smallest absolute Gasteiger partial charge is 0.326 e. The second-order valence-corrected chi connectivity index (χ2v) is 5.24. The lowest BCUT2D eigenvalue weighted by Gasteiger charge is -2.19. The van der Waals surface area contributed by atoms with Crippen molar-refractivity contribution >= 4 is 17.8 Å². The van der Waals surface area contributed by atoms with Crippen LogP contribution in [0.25, 0.3) is 0 Å². The van der Waals surface area contributed by atoms with E-state index in [1.54, 1.807) is 0 Å². The highest BCUT2D eigenvalue weighted by atomic mass is 16.4. The van der Waals surface area contributed by atoms with Crippen LogP contribution in [0.4, 0.5) is 0 Å². The van der Waals surface area contributed by atoms with Gasteiger partial charge in [-0.1, -0.05) is 13.8 Å². The molecule has 0 aliphatic heterocycles. The van der Waals surface area contributed by atoms with E-state index in [4.69, 9.17) is 9.52 Å². The minimum absolute atomic E-state index is 0.127. The maximum absolute atomic E-state index is 11.9. The first kappa shape index (κ1) is 16.7. The summed E-state index contributed by atoms with van der Waals surface area (Å²) in [5.74, 6) is -1.96. The number of hydrogen-bond acceptors (Lipinski definition) is 4. The highest BCUT2D eigenvalue weighted by Gasteiger charge is 2.24. The zero-order valence-corrected chi connectivity index (χ0v) is 12.3. The van der Waals surface area contributed by atoms with Gasteiger partial charge in [0.15, 0.2) is 0 Å². The summed E-state index contributed by atoms with van der Waals surface area (Å²) in [6, 6.07) is -0.342. The zero-order chi connectivity index (χ0) is 16.0. The second kappa shape index (κ2) is 7.47. The molecule has 7 nitrogen and oxygen atoms in total. The number of furan rings is 1. The topological polar surface area (TPSA) is 109 Å². The Bertz CT molecular complexity index is 495. The Labute approximate surface area is 122 Å². The van der Waals surface area contributed by atoms with Crippen LogP contribution in [0.1, 0.15) is 37.6 Å². The Morgan fingerprint density at radius 1 is 1.24 bits per heavy atom. The fourth-order valence-electron chi connectivity index (χ4n) is 1.73. The molecule has 0 saturated carbocycles. The molecule has 2 atom stereocenters. The molecule has 1 aromatic rings. The molecule has 0 radical (unpaired) electrons. The molecule has 0 aromatic carbocycles. The number of hydrogen-bond donors (Lipinski definition) is 3. The molecule has 7 heteroatoms. The second-order valence-electron chi connectivity index (χ2n) is 5.24. The van der Waals surface area contributed by atoms with E-state index in [2.05, 4.69) is 10.6 Å². The number of rotatable bonds is 7. The third kappa shape index (κ3) is 5.29. The summed E-state index contributed by atoms with van der Waals surface area (Å²) in [7, 11) is 0. The van der Waals surface area contributed by atoms with Gasteiger partial charge in [0.2, 0.25) is 5.91 Å². The summed E-state index contributed by atoms with van der Waals surface area (Å²) in [6.07, 6.45) is 2.94. The number of amides is 2. The molecule has 0 aliphatic carbocycles. The number of carbonyl (C=O) groups is 3. The molecule has 0 spiro atoms. The molecular formula is C14H20N2O5. The van der Waals surface area contributed by atoms with Crippen LogP contribution in [0.3, 0.4) is 0 Å². The van der Waals surface area contributed by atoms with Gasteiger partial charge in [-0.05, 0) is 25.3 Å². The molecule has 21 heavy (non-hydrogen) atoms. The van der Waals surface area contributed by atoms with E-state index in [-0.39, 0.29) is 5.92 Å². The van der Waals surface area contributed by atoms with E-state index < -0.39 is 29.9 Å². The largest absolute Gasteiger partial charge is 0.480 e. The maximum Gasteiger partial charge on any atom is 0.326 e. The first-order valence-electron chi connectivity index (χ1n) is 6.67. The first-order chi connectivity index (χ1) is 9.81. The van der Waals surface area contributed by atoms with Crippen molar-refractivity contribution in [2.24, 2.45) is 5.92 Å². The molecule has 3 N–H and O–H groups in total. The van der Waals surface area contributed by atoms with Crippen LogP contribution in [0.5, 0.6) is 0 Å². The van der Waals surface area contributed by atoms with Gasteiger partial charge in [-0.25, -0.2) is 4.79 Å². The predicted octanol–water partition coefficient (Wildman–Crippen LogP) is 1.01. The van der Waals surface area contributed by atoms with Crippen LogP contribution < -0.4 is 10.6 Å². The van der Waals surface area contributed by atoms with Gasteiger partial charge in [0.1, 0.15) is 18.3 Å². The van der Waals surface area contributed by atoms with Crippen molar-refractivity contribution in [1.82, 2.24) is 10.6 Å². The van der Waals surface area contributed by atoms with Gasteiger partial charge in [0.25, 0.3) is 5.91 Å². The van der Waals surface area contributed by atoms with E-state index in [1.165, 1.54) is 25.5 Å². The monoisotopic (exact) mass is 296 g/mol. The van der Waals surface area contributed by atoms with Crippen LogP contribution in [0.2, 0.25) is 0 Å². The zero-order valence-electron chi connectivity index (χ0n) is 12.3. The lowest BCUT2D eigenvalue weighted by atomic mass is 10.0. The molecule has 116 valence electrons. The Kier molecular flexibility index (Phi) is 5.95. The normalized spacial score (nSPS) is 13.5. The average Bonchev–Trinajstić information content (AvgIpc) is 2.90. The SMILES string of the molecule is CC(C)CC(NC(=O)C(C)NC(=O)c1ccoc1)C(=O)O. The van der Waals surface area contributed by atoms with E-state index >= 15 is 0 Å². The van der Waals surface area contributed by atoms with Crippen LogP contribution in [-0.4, -0.2) is 35.0 Å². The van der Waals surface area contributed by atoms with E-state index in [1.807, 2.05) is 13.8 Å². The third-order valence-electron chi connectivity index (χ3n) is 2.85.